The van der Waals surface area contributed by atoms with Crippen LogP contribution in [0.4, 0.5) is 0 Å². The predicted molar refractivity (Wildman–Crippen MR) is 118 cm³/mol. The molecule has 2 heteroatoms. The van der Waals surface area contributed by atoms with Crippen molar-refractivity contribution in [1.82, 2.24) is 0 Å². The Bertz CT molecular complexity index is 389. The lowest BCUT2D eigenvalue weighted by Crippen LogP contribution is -1.86. The summed E-state index contributed by atoms with van der Waals surface area (Å²) >= 11 is 0. The molecule has 0 atom stereocenters. The number of unbranched alkanes of at least 4 members (excludes halogenated alkanes) is 15. The molecule has 0 bridgehead atoms. The van der Waals surface area contributed by atoms with E-state index in [1.165, 1.54) is 115 Å². The molecule has 0 saturated carbocycles. The highest BCUT2D eigenvalue weighted by Crippen LogP contribution is 2.14. The molecule has 27 heavy (non-hydrogen) atoms. The summed E-state index contributed by atoms with van der Waals surface area (Å²) in [6.45, 7) is 2.05. The van der Waals surface area contributed by atoms with Crippen molar-refractivity contribution in [2.24, 2.45) is 0 Å². The van der Waals surface area contributed by atoms with E-state index in [1.807, 2.05) is 0 Å². The normalized spacial score (nSPS) is 10.3. The molecule has 0 fully saturated rings. The quantitative estimate of drug-likeness (QED) is 0.220. The highest BCUT2D eigenvalue weighted by Gasteiger charge is 1.95. The van der Waals surface area contributed by atoms with Crippen molar-refractivity contribution in [2.45, 2.75) is 116 Å². The molecule has 0 unspecified atom stereocenters. The Morgan fingerprint density at radius 3 is 1.33 bits per heavy atom. The predicted octanol–water partition coefficient (Wildman–Crippen LogP) is 8.19. The number of benzene rings is 1. The number of carbonyl (C=O) groups is 1. The van der Waals surface area contributed by atoms with E-state index in [4.69, 9.17) is 9.90 Å². The van der Waals surface area contributed by atoms with Crippen LogP contribution in [-0.2, 0) is 11.2 Å². The highest BCUT2D eigenvalue weighted by atomic mass is 16.3. The van der Waals surface area contributed by atoms with Crippen LogP contribution >= 0.6 is 0 Å². The number of hydrogen-bond donors (Lipinski definition) is 1. The molecule has 1 aromatic rings. The third kappa shape index (κ3) is 20.9. The first-order valence-electron chi connectivity index (χ1n) is 11.5. The lowest BCUT2D eigenvalue weighted by Gasteiger charge is -2.04. The van der Waals surface area contributed by atoms with Crippen molar-refractivity contribution >= 4 is 6.47 Å². The van der Waals surface area contributed by atoms with E-state index < -0.39 is 0 Å². The Kier molecular flexibility index (Phi) is 21.6. The molecule has 0 aliphatic carbocycles. The van der Waals surface area contributed by atoms with Gasteiger partial charge in [-0.25, -0.2) is 0 Å². The Morgan fingerprint density at radius 2 is 0.963 bits per heavy atom. The van der Waals surface area contributed by atoms with Gasteiger partial charge in [-0.1, -0.05) is 134 Å². The summed E-state index contributed by atoms with van der Waals surface area (Å²) in [7, 11) is 0. The monoisotopic (exact) mass is 376 g/mol. The van der Waals surface area contributed by atoms with Crippen LogP contribution in [0.5, 0.6) is 0 Å². The fraction of sp³-hybridized carbons (Fsp3) is 0.720. The zero-order valence-electron chi connectivity index (χ0n) is 17.8. The van der Waals surface area contributed by atoms with Crippen LogP contribution in [0, 0.1) is 0 Å². The molecule has 0 aliphatic rings. The minimum absolute atomic E-state index is 0.250. The smallest absolute Gasteiger partial charge is 0.290 e. The molecule has 0 heterocycles. The minimum Gasteiger partial charge on any atom is -0.483 e. The zero-order valence-corrected chi connectivity index (χ0v) is 17.8. The van der Waals surface area contributed by atoms with Crippen molar-refractivity contribution in [3.8, 4) is 0 Å². The molecule has 1 N–H and O–H groups in total. The van der Waals surface area contributed by atoms with Crippen molar-refractivity contribution in [3.05, 3.63) is 35.9 Å². The largest absolute Gasteiger partial charge is 0.483 e. The molecule has 0 aromatic heterocycles. The zero-order chi connectivity index (χ0) is 19.8. The van der Waals surface area contributed by atoms with Crippen LogP contribution in [0.2, 0.25) is 0 Å². The minimum atomic E-state index is -0.250. The third-order valence-corrected chi connectivity index (χ3v) is 5.16. The topological polar surface area (TPSA) is 37.3 Å². The van der Waals surface area contributed by atoms with Gasteiger partial charge in [-0.3, -0.25) is 4.79 Å². The van der Waals surface area contributed by atoms with E-state index in [1.54, 1.807) is 0 Å². The van der Waals surface area contributed by atoms with Crippen LogP contribution in [0.25, 0.3) is 0 Å². The highest BCUT2D eigenvalue weighted by molar-refractivity contribution is 5.32. The summed E-state index contributed by atoms with van der Waals surface area (Å²) in [4.78, 5) is 8.36. The Morgan fingerprint density at radius 1 is 0.630 bits per heavy atom. The van der Waals surface area contributed by atoms with Crippen LogP contribution in [-0.4, -0.2) is 11.6 Å². The lowest BCUT2D eigenvalue weighted by molar-refractivity contribution is -0.122. The Balaban J connectivity index is 0.00000210. The summed E-state index contributed by atoms with van der Waals surface area (Å²) in [5.74, 6) is 0. The SMILES string of the molecule is CCCCCCCCCCCCCCCCCCc1ccccc1.O=CO. The molecule has 1 aromatic carbocycles. The lowest BCUT2D eigenvalue weighted by atomic mass is 10.0. The first kappa shape index (κ1) is 25.7. The summed E-state index contributed by atoms with van der Waals surface area (Å²) in [5, 5.41) is 6.89. The van der Waals surface area contributed by atoms with Gasteiger partial charge in [0, 0.05) is 0 Å². The number of aryl methyl sites for hydroxylation is 1. The summed E-state index contributed by atoms with van der Waals surface area (Å²) in [6.07, 6.45) is 24.4. The second-order valence-electron chi connectivity index (χ2n) is 7.64. The van der Waals surface area contributed by atoms with Gasteiger partial charge in [0.2, 0.25) is 0 Å². The molecule has 0 spiro atoms. The van der Waals surface area contributed by atoms with Gasteiger partial charge in [0.1, 0.15) is 0 Å². The van der Waals surface area contributed by atoms with E-state index in [-0.39, 0.29) is 6.47 Å². The maximum Gasteiger partial charge on any atom is 0.290 e. The maximum absolute atomic E-state index is 8.36. The summed E-state index contributed by atoms with van der Waals surface area (Å²) < 4.78 is 0. The molecule has 0 saturated heterocycles. The second-order valence-corrected chi connectivity index (χ2v) is 7.64. The van der Waals surface area contributed by atoms with Crippen molar-refractivity contribution < 1.29 is 9.90 Å². The number of carboxylic acid groups (broad SMARTS) is 1. The average molecular weight is 377 g/mol. The Hall–Kier alpha value is -1.31. The van der Waals surface area contributed by atoms with Gasteiger partial charge < -0.3 is 5.11 Å². The van der Waals surface area contributed by atoms with Crippen molar-refractivity contribution in [1.29, 1.82) is 0 Å². The van der Waals surface area contributed by atoms with Gasteiger partial charge in [-0.05, 0) is 18.4 Å². The van der Waals surface area contributed by atoms with Gasteiger partial charge >= 0.3 is 0 Å². The molecule has 2 nitrogen and oxygen atoms in total. The van der Waals surface area contributed by atoms with Crippen molar-refractivity contribution in [3.63, 3.8) is 0 Å². The number of hydrogen-bond acceptors (Lipinski definition) is 1. The fourth-order valence-corrected chi connectivity index (χ4v) is 3.52. The van der Waals surface area contributed by atoms with Gasteiger partial charge in [0.15, 0.2) is 0 Å². The summed E-state index contributed by atoms with van der Waals surface area (Å²) in [5.41, 5.74) is 1.50. The van der Waals surface area contributed by atoms with E-state index in [9.17, 15) is 0 Å². The van der Waals surface area contributed by atoms with Crippen LogP contribution in [0.1, 0.15) is 115 Å². The Labute approximate surface area is 168 Å². The molecular weight excluding hydrogens is 332 g/mol. The van der Waals surface area contributed by atoms with E-state index in [0.29, 0.717) is 0 Å². The standard InChI is InChI=1S/C24H42.CH2O2/c1-2-3-4-5-6-7-8-9-10-11-12-13-14-15-16-18-21-24-22-19-17-20-23-24;2-1-3/h17,19-20,22-23H,2-16,18,21H2,1H3;1H,(H,2,3). The fourth-order valence-electron chi connectivity index (χ4n) is 3.52. The molecule has 1 rings (SSSR count). The third-order valence-electron chi connectivity index (χ3n) is 5.16. The van der Waals surface area contributed by atoms with Crippen molar-refractivity contribution in [2.75, 3.05) is 0 Å². The van der Waals surface area contributed by atoms with Crippen LogP contribution < -0.4 is 0 Å². The molecule has 0 amide bonds. The average Bonchev–Trinajstić information content (AvgIpc) is 2.69. The first-order chi connectivity index (χ1) is 13.3. The maximum atomic E-state index is 8.36. The van der Waals surface area contributed by atoms with E-state index in [0.717, 1.165) is 0 Å². The van der Waals surface area contributed by atoms with Gasteiger partial charge in [0.05, 0.1) is 0 Å². The van der Waals surface area contributed by atoms with Crippen LogP contribution in [0.15, 0.2) is 30.3 Å². The first-order valence-corrected chi connectivity index (χ1v) is 11.5. The van der Waals surface area contributed by atoms with Gasteiger partial charge in [0.25, 0.3) is 6.47 Å². The van der Waals surface area contributed by atoms with Gasteiger partial charge in [-0.15, -0.1) is 0 Å². The van der Waals surface area contributed by atoms with Gasteiger partial charge in [-0.2, -0.15) is 0 Å². The molecule has 156 valence electrons. The molecular formula is C25H44O2. The second kappa shape index (κ2) is 22.7. The number of rotatable bonds is 17. The van der Waals surface area contributed by atoms with E-state index >= 15 is 0 Å². The molecule has 0 radical (unpaired) electrons. The molecule has 0 aliphatic heterocycles. The summed E-state index contributed by atoms with van der Waals surface area (Å²) in [6, 6.07) is 10.9. The van der Waals surface area contributed by atoms with E-state index in [2.05, 4.69) is 37.3 Å². The van der Waals surface area contributed by atoms with Crippen LogP contribution in [0.3, 0.4) is 0 Å².